The van der Waals surface area contributed by atoms with E-state index in [1.807, 2.05) is 72.8 Å². The Morgan fingerprint density at radius 2 is 1.31 bits per heavy atom. The third-order valence-corrected chi connectivity index (χ3v) is 5.25. The molecule has 0 N–H and O–H groups in total. The fraction of sp³-hybridized carbons (Fsp3) is 0. The van der Waals surface area contributed by atoms with E-state index in [2.05, 4.69) is 46.9 Å². The van der Waals surface area contributed by atoms with E-state index >= 15 is 0 Å². The Morgan fingerprint density at radius 1 is 0.654 bits per heavy atom. The summed E-state index contributed by atoms with van der Waals surface area (Å²) in [5.74, 6) is -0.0310. The first-order valence-corrected chi connectivity index (χ1v) is 9.45. The zero-order chi connectivity index (χ0) is 17.9. The molecule has 3 heteroatoms. The molecule has 0 spiro atoms. The Balaban J connectivity index is 1.88. The van der Waals surface area contributed by atoms with Gasteiger partial charge in [-0.2, -0.15) is 0 Å². The van der Waals surface area contributed by atoms with Crippen molar-refractivity contribution in [3.63, 3.8) is 0 Å². The summed E-state index contributed by atoms with van der Waals surface area (Å²) >= 11 is 2.21. The van der Waals surface area contributed by atoms with E-state index in [0.29, 0.717) is 5.56 Å². The van der Waals surface area contributed by atoms with Gasteiger partial charge in [0.05, 0.1) is 5.56 Å². The molecule has 0 aromatic heterocycles. The minimum absolute atomic E-state index is 0.0310. The van der Waals surface area contributed by atoms with Crippen molar-refractivity contribution >= 4 is 50.6 Å². The van der Waals surface area contributed by atoms with Gasteiger partial charge in [-0.3, -0.25) is 9.69 Å². The molecule has 126 valence electrons. The number of amides is 1. The lowest BCUT2D eigenvalue weighted by atomic mass is 10.1. The lowest BCUT2D eigenvalue weighted by Gasteiger charge is -2.24. The topological polar surface area (TPSA) is 20.3 Å². The highest BCUT2D eigenvalue weighted by Crippen LogP contribution is 2.31. The number of fused-ring (bicyclic) bond motifs is 1. The molecule has 4 rings (SSSR count). The normalized spacial score (nSPS) is 10.7. The van der Waals surface area contributed by atoms with Gasteiger partial charge in [-0.25, -0.2) is 0 Å². The van der Waals surface area contributed by atoms with Crippen LogP contribution >= 0.6 is 22.6 Å². The number of nitrogens with zero attached hydrogens (tertiary/aromatic N) is 1. The Morgan fingerprint density at radius 3 is 2.08 bits per heavy atom. The van der Waals surface area contributed by atoms with Gasteiger partial charge in [-0.1, -0.05) is 60.7 Å². The minimum Gasteiger partial charge on any atom is -0.277 e. The smallest absolute Gasteiger partial charge is 0.263 e. The van der Waals surface area contributed by atoms with Gasteiger partial charge in [-0.15, -0.1) is 0 Å². The van der Waals surface area contributed by atoms with Crippen LogP contribution in [0.25, 0.3) is 10.8 Å². The molecule has 0 aliphatic heterocycles. The SMILES string of the molecule is O=C(c1ccccc1I)N(c1ccccc1)c1ccc2ccccc2c1. The van der Waals surface area contributed by atoms with Gasteiger partial charge in [0.25, 0.3) is 5.91 Å². The second-order valence-electron chi connectivity index (χ2n) is 5.99. The van der Waals surface area contributed by atoms with Gasteiger partial charge in [-0.05, 0) is 69.8 Å². The molecule has 4 aromatic rings. The van der Waals surface area contributed by atoms with E-state index in [9.17, 15) is 4.79 Å². The highest BCUT2D eigenvalue weighted by atomic mass is 127. The number of hydrogen-bond acceptors (Lipinski definition) is 1. The number of rotatable bonds is 3. The summed E-state index contributed by atoms with van der Waals surface area (Å²) in [5, 5.41) is 2.27. The lowest BCUT2D eigenvalue weighted by Crippen LogP contribution is -2.26. The molecule has 0 heterocycles. The minimum atomic E-state index is -0.0310. The van der Waals surface area contributed by atoms with Crippen molar-refractivity contribution in [1.82, 2.24) is 0 Å². The maximum atomic E-state index is 13.4. The quantitative estimate of drug-likeness (QED) is 0.331. The fourth-order valence-electron chi connectivity index (χ4n) is 3.03. The first-order chi connectivity index (χ1) is 12.7. The summed E-state index contributed by atoms with van der Waals surface area (Å²) in [7, 11) is 0. The predicted octanol–water partition coefficient (Wildman–Crippen LogP) is 6.42. The third-order valence-electron chi connectivity index (χ3n) is 4.31. The molecule has 0 fully saturated rings. The molecule has 0 bridgehead atoms. The van der Waals surface area contributed by atoms with E-state index in [1.54, 1.807) is 4.90 Å². The van der Waals surface area contributed by atoms with Gasteiger partial charge < -0.3 is 0 Å². The maximum Gasteiger partial charge on any atom is 0.263 e. The summed E-state index contributed by atoms with van der Waals surface area (Å²) in [6, 6.07) is 31.8. The van der Waals surface area contributed by atoms with Crippen LogP contribution in [-0.4, -0.2) is 5.91 Å². The van der Waals surface area contributed by atoms with Gasteiger partial charge in [0.1, 0.15) is 0 Å². The molecule has 1 amide bonds. The van der Waals surface area contributed by atoms with Crippen LogP contribution in [0.2, 0.25) is 0 Å². The predicted molar refractivity (Wildman–Crippen MR) is 116 cm³/mol. The second-order valence-corrected chi connectivity index (χ2v) is 7.15. The average molecular weight is 449 g/mol. The molecular weight excluding hydrogens is 433 g/mol. The van der Waals surface area contributed by atoms with Crippen LogP contribution in [0.15, 0.2) is 97.1 Å². The number of benzene rings is 4. The molecule has 0 saturated heterocycles. The van der Waals surface area contributed by atoms with Crippen molar-refractivity contribution < 1.29 is 4.79 Å². The summed E-state index contributed by atoms with van der Waals surface area (Å²) in [5.41, 5.74) is 2.41. The largest absolute Gasteiger partial charge is 0.277 e. The molecule has 2 nitrogen and oxygen atoms in total. The van der Waals surface area contributed by atoms with E-state index in [4.69, 9.17) is 0 Å². The number of para-hydroxylation sites is 1. The van der Waals surface area contributed by atoms with Crippen molar-refractivity contribution in [1.29, 1.82) is 0 Å². The molecule has 0 aliphatic rings. The van der Waals surface area contributed by atoms with E-state index in [-0.39, 0.29) is 5.91 Å². The van der Waals surface area contributed by atoms with Crippen LogP contribution in [0.5, 0.6) is 0 Å². The third kappa shape index (κ3) is 3.22. The number of carbonyl (C=O) groups is 1. The van der Waals surface area contributed by atoms with Crippen molar-refractivity contribution in [2.45, 2.75) is 0 Å². The second kappa shape index (κ2) is 7.30. The molecular formula is C23H16INO. The molecule has 0 aliphatic carbocycles. The first-order valence-electron chi connectivity index (χ1n) is 8.37. The first kappa shape index (κ1) is 16.8. The summed E-state index contributed by atoms with van der Waals surface area (Å²) in [4.78, 5) is 15.2. The Labute approximate surface area is 166 Å². The number of anilines is 2. The Bertz CT molecular complexity index is 1080. The Kier molecular flexibility index (Phi) is 4.71. The highest BCUT2D eigenvalue weighted by Gasteiger charge is 2.21. The van der Waals surface area contributed by atoms with Crippen molar-refractivity contribution in [2.24, 2.45) is 0 Å². The van der Waals surface area contributed by atoms with Crippen LogP contribution in [-0.2, 0) is 0 Å². The van der Waals surface area contributed by atoms with Crippen molar-refractivity contribution in [3.8, 4) is 0 Å². The van der Waals surface area contributed by atoms with Crippen LogP contribution in [0.1, 0.15) is 10.4 Å². The number of hydrogen-bond donors (Lipinski definition) is 0. The van der Waals surface area contributed by atoms with Crippen LogP contribution in [0, 0.1) is 3.57 Å². The Hall–Kier alpha value is -2.66. The van der Waals surface area contributed by atoms with Crippen molar-refractivity contribution in [2.75, 3.05) is 4.90 Å². The molecule has 26 heavy (non-hydrogen) atoms. The fourth-order valence-corrected chi connectivity index (χ4v) is 3.65. The van der Waals surface area contributed by atoms with Crippen LogP contribution in [0.4, 0.5) is 11.4 Å². The van der Waals surface area contributed by atoms with E-state index < -0.39 is 0 Å². The molecule has 0 saturated carbocycles. The van der Waals surface area contributed by atoms with Gasteiger partial charge in [0.15, 0.2) is 0 Å². The zero-order valence-electron chi connectivity index (χ0n) is 14.0. The van der Waals surface area contributed by atoms with E-state index in [0.717, 1.165) is 25.7 Å². The van der Waals surface area contributed by atoms with Crippen LogP contribution < -0.4 is 4.90 Å². The van der Waals surface area contributed by atoms with Gasteiger partial charge in [0, 0.05) is 14.9 Å². The molecule has 0 radical (unpaired) electrons. The molecule has 0 unspecified atom stereocenters. The lowest BCUT2D eigenvalue weighted by molar-refractivity contribution is 0.0998. The van der Waals surface area contributed by atoms with Crippen LogP contribution in [0.3, 0.4) is 0 Å². The molecule has 0 atom stereocenters. The summed E-state index contributed by atoms with van der Waals surface area (Å²) in [6.07, 6.45) is 0. The molecule has 4 aromatic carbocycles. The van der Waals surface area contributed by atoms with Gasteiger partial charge in [0.2, 0.25) is 0 Å². The summed E-state index contributed by atoms with van der Waals surface area (Å²) < 4.78 is 0.942. The zero-order valence-corrected chi connectivity index (χ0v) is 16.1. The van der Waals surface area contributed by atoms with Gasteiger partial charge >= 0.3 is 0 Å². The van der Waals surface area contributed by atoms with E-state index in [1.165, 1.54) is 0 Å². The van der Waals surface area contributed by atoms with Crippen molar-refractivity contribution in [3.05, 3.63) is 106 Å². The standard InChI is InChI=1S/C23H16INO/c24-22-13-7-6-12-21(22)23(26)25(19-10-2-1-3-11-19)20-15-14-17-8-4-5-9-18(17)16-20/h1-16H. The highest BCUT2D eigenvalue weighted by molar-refractivity contribution is 14.1. The maximum absolute atomic E-state index is 13.4. The monoisotopic (exact) mass is 449 g/mol. The number of halogens is 1. The average Bonchev–Trinajstić information content (AvgIpc) is 2.69. The number of carbonyl (C=O) groups excluding carboxylic acids is 1. The summed E-state index contributed by atoms with van der Waals surface area (Å²) in [6.45, 7) is 0.